The average molecular weight is 494 g/mol. The standard InChI is InChI=1S/C23H25F3N4O5/c1-4-5-12-34-20(32)28-18-13-27-11-10-15(18)14-29-21(33)30(19(31)22(29,2)3)16-6-8-17(9-7-16)35-23(24,25)26/h6-11,13H,4-5,12,14H2,1-3H3,(H,28,32). The number of anilines is 2. The molecule has 3 rings (SSSR count). The van der Waals surface area contributed by atoms with Crippen LogP contribution in [0.3, 0.4) is 0 Å². The van der Waals surface area contributed by atoms with E-state index in [1.54, 1.807) is 19.9 Å². The summed E-state index contributed by atoms with van der Waals surface area (Å²) < 4.78 is 46.2. The first kappa shape index (κ1) is 25.8. The first-order chi connectivity index (χ1) is 16.4. The lowest BCUT2D eigenvalue weighted by Crippen LogP contribution is -2.43. The SMILES string of the molecule is CCCCOC(=O)Nc1cnccc1CN1C(=O)N(c2ccc(OC(F)(F)F)cc2)C(=O)C1(C)C. The van der Waals surface area contributed by atoms with Gasteiger partial charge in [0.1, 0.15) is 11.3 Å². The zero-order chi connectivity index (χ0) is 25.8. The molecular formula is C23H25F3N4O5. The molecule has 0 aliphatic carbocycles. The number of carbonyl (C=O) groups is 3. The highest BCUT2D eigenvalue weighted by Gasteiger charge is 2.52. The van der Waals surface area contributed by atoms with E-state index in [2.05, 4.69) is 15.0 Å². The lowest BCUT2D eigenvalue weighted by atomic mass is 10.0. The second kappa shape index (κ2) is 10.2. The van der Waals surface area contributed by atoms with Crippen LogP contribution in [0, 0.1) is 0 Å². The molecule has 0 spiro atoms. The summed E-state index contributed by atoms with van der Waals surface area (Å²) in [5.41, 5.74) is -0.354. The van der Waals surface area contributed by atoms with Crippen LogP contribution in [-0.2, 0) is 16.1 Å². The molecule has 0 radical (unpaired) electrons. The van der Waals surface area contributed by atoms with Crippen molar-refractivity contribution in [3.8, 4) is 5.75 Å². The van der Waals surface area contributed by atoms with Crippen LogP contribution in [0.15, 0.2) is 42.7 Å². The summed E-state index contributed by atoms with van der Waals surface area (Å²) in [6.07, 6.45) is -1.07. The number of ether oxygens (including phenoxy) is 2. The Kier molecular flexibility index (Phi) is 7.51. The number of urea groups is 1. The van der Waals surface area contributed by atoms with Crippen LogP contribution in [0.1, 0.15) is 39.2 Å². The van der Waals surface area contributed by atoms with Gasteiger partial charge in [-0.1, -0.05) is 13.3 Å². The molecule has 4 amide bonds. The molecule has 1 aliphatic heterocycles. The minimum Gasteiger partial charge on any atom is -0.449 e. The lowest BCUT2D eigenvalue weighted by molar-refractivity contribution is -0.274. The number of nitrogens with one attached hydrogen (secondary N) is 1. The number of halogens is 3. The molecule has 0 atom stereocenters. The summed E-state index contributed by atoms with van der Waals surface area (Å²) in [6.45, 7) is 5.29. The molecule has 0 saturated carbocycles. The molecule has 1 fully saturated rings. The number of benzene rings is 1. The van der Waals surface area contributed by atoms with Gasteiger partial charge in [-0.2, -0.15) is 0 Å². The first-order valence-electron chi connectivity index (χ1n) is 10.8. The van der Waals surface area contributed by atoms with E-state index in [9.17, 15) is 27.6 Å². The number of pyridine rings is 1. The van der Waals surface area contributed by atoms with Crippen molar-refractivity contribution in [3.63, 3.8) is 0 Å². The van der Waals surface area contributed by atoms with E-state index in [-0.39, 0.29) is 18.8 Å². The molecule has 1 aromatic carbocycles. The summed E-state index contributed by atoms with van der Waals surface area (Å²) in [7, 11) is 0. The van der Waals surface area contributed by atoms with Crippen molar-refractivity contribution in [1.82, 2.24) is 9.88 Å². The fourth-order valence-electron chi connectivity index (χ4n) is 3.42. The van der Waals surface area contributed by atoms with Crippen molar-refractivity contribution in [2.24, 2.45) is 0 Å². The number of nitrogens with zero attached hydrogens (tertiary/aromatic N) is 3. The van der Waals surface area contributed by atoms with E-state index in [1.165, 1.54) is 29.4 Å². The van der Waals surface area contributed by atoms with E-state index in [0.29, 0.717) is 17.7 Å². The normalized spacial score (nSPS) is 15.4. The van der Waals surface area contributed by atoms with E-state index in [1.807, 2.05) is 6.92 Å². The number of hydrogen-bond acceptors (Lipinski definition) is 6. The van der Waals surface area contributed by atoms with Crippen LogP contribution in [0.2, 0.25) is 0 Å². The van der Waals surface area contributed by atoms with E-state index >= 15 is 0 Å². The van der Waals surface area contributed by atoms with Gasteiger partial charge in [0.15, 0.2) is 0 Å². The summed E-state index contributed by atoms with van der Waals surface area (Å²) in [5, 5.41) is 2.60. The molecule has 2 heterocycles. The highest BCUT2D eigenvalue weighted by atomic mass is 19.4. The van der Waals surface area contributed by atoms with Gasteiger partial charge in [0, 0.05) is 6.20 Å². The fourth-order valence-corrected chi connectivity index (χ4v) is 3.42. The van der Waals surface area contributed by atoms with E-state index in [4.69, 9.17) is 4.74 Å². The molecule has 12 heteroatoms. The molecule has 35 heavy (non-hydrogen) atoms. The van der Waals surface area contributed by atoms with Gasteiger partial charge in [-0.05, 0) is 56.2 Å². The van der Waals surface area contributed by atoms with E-state index in [0.717, 1.165) is 23.5 Å². The van der Waals surface area contributed by atoms with Gasteiger partial charge in [0.2, 0.25) is 0 Å². The zero-order valence-electron chi connectivity index (χ0n) is 19.4. The largest absolute Gasteiger partial charge is 0.573 e. The number of rotatable bonds is 8. The summed E-state index contributed by atoms with van der Waals surface area (Å²) in [6, 6.07) is 5.37. The Morgan fingerprint density at radius 1 is 1.14 bits per heavy atom. The van der Waals surface area contributed by atoms with Crippen LogP contribution in [0.25, 0.3) is 0 Å². The molecule has 1 aliphatic rings. The van der Waals surface area contributed by atoms with Crippen molar-refractivity contribution in [1.29, 1.82) is 0 Å². The van der Waals surface area contributed by atoms with Crippen molar-refractivity contribution < 1.29 is 37.0 Å². The number of hydrogen-bond donors (Lipinski definition) is 1. The van der Waals surface area contributed by atoms with E-state index < -0.39 is 35.7 Å². The Balaban J connectivity index is 1.80. The third-order valence-electron chi connectivity index (χ3n) is 5.36. The Morgan fingerprint density at radius 3 is 2.46 bits per heavy atom. The zero-order valence-corrected chi connectivity index (χ0v) is 19.4. The lowest BCUT2D eigenvalue weighted by Gasteiger charge is -2.28. The number of aromatic nitrogens is 1. The maximum Gasteiger partial charge on any atom is 0.573 e. The van der Waals surface area contributed by atoms with Crippen molar-refractivity contribution in [2.45, 2.75) is 52.1 Å². The third kappa shape index (κ3) is 6.00. The number of alkyl halides is 3. The Labute approximate surface area is 199 Å². The van der Waals surface area contributed by atoms with Gasteiger partial charge in [0.05, 0.1) is 30.7 Å². The van der Waals surface area contributed by atoms with Crippen LogP contribution in [0.5, 0.6) is 5.75 Å². The number of amides is 4. The fraction of sp³-hybridized carbons (Fsp3) is 0.391. The summed E-state index contributed by atoms with van der Waals surface area (Å²) in [5.74, 6) is -1.04. The second-order valence-electron chi connectivity index (χ2n) is 8.26. The molecular weight excluding hydrogens is 469 g/mol. The molecule has 9 nitrogen and oxygen atoms in total. The van der Waals surface area contributed by atoms with Crippen LogP contribution in [0.4, 0.5) is 34.1 Å². The molecule has 188 valence electrons. The predicted molar refractivity (Wildman–Crippen MR) is 120 cm³/mol. The maximum atomic E-state index is 13.3. The molecule has 1 aromatic heterocycles. The molecule has 0 unspecified atom stereocenters. The van der Waals surface area contributed by atoms with Gasteiger partial charge in [-0.3, -0.25) is 15.1 Å². The quantitative estimate of drug-likeness (QED) is 0.406. The van der Waals surface area contributed by atoms with Gasteiger partial charge >= 0.3 is 18.5 Å². The highest BCUT2D eigenvalue weighted by molar-refractivity contribution is 6.23. The first-order valence-corrected chi connectivity index (χ1v) is 10.8. The summed E-state index contributed by atoms with van der Waals surface area (Å²) >= 11 is 0. The number of unbranched alkanes of at least 4 members (excludes halogenated alkanes) is 1. The monoisotopic (exact) mass is 494 g/mol. The van der Waals surface area contributed by atoms with Crippen molar-refractivity contribution >= 4 is 29.4 Å². The Morgan fingerprint density at radius 2 is 1.83 bits per heavy atom. The van der Waals surface area contributed by atoms with Gasteiger partial charge in [-0.15, -0.1) is 13.2 Å². The minimum atomic E-state index is -4.86. The van der Waals surface area contributed by atoms with Gasteiger partial charge < -0.3 is 14.4 Å². The van der Waals surface area contributed by atoms with Gasteiger partial charge in [-0.25, -0.2) is 14.5 Å². The second-order valence-corrected chi connectivity index (χ2v) is 8.26. The smallest absolute Gasteiger partial charge is 0.449 e. The predicted octanol–water partition coefficient (Wildman–Crippen LogP) is 5.08. The third-order valence-corrected chi connectivity index (χ3v) is 5.36. The topological polar surface area (TPSA) is 101 Å². The van der Waals surface area contributed by atoms with Crippen molar-refractivity contribution in [3.05, 3.63) is 48.3 Å². The summed E-state index contributed by atoms with van der Waals surface area (Å²) in [4.78, 5) is 44.6. The molecule has 2 aromatic rings. The van der Waals surface area contributed by atoms with Crippen molar-refractivity contribution in [2.75, 3.05) is 16.8 Å². The van der Waals surface area contributed by atoms with Crippen LogP contribution in [-0.4, -0.2) is 46.4 Å². The number of carbonyl (C=O) groups excluding carboxylic acids is 3. The Hall–Kier alpha value is -3.83. The van der Waals surface area contributed by atoms with Crippen LogP contribution >= 0.6 is 0 Å². The Bertz CT molecular complexity index is 1090. The highest BCUT2D eigenvalue weighted by Crippen LogP contribution is 2.35. The van der Waals surface area contributed by atoms with Crippen LogP contribution < -0.4 is 15.0 Å². The number of imide groups is 1. The minimum absolute atomic E-state index is 0.0452. The molecule has 1 saturated heterocycles. The maximum absolute atomic E-state index is 13.3. The molecule has 1 N–H and O–H groups in total. The molecule has 0 bridgehead atoms. The van der Waals surface area contributed by atoms with Gasteiger partial charge in [0.25, 0.3) is 5.91 Å². The average Bonchev–Trinajstić information content (AvgIpc) is 2.94.